The van der Waals surface area contributed by atoms with Gasteiger partial charge in [-0.1, -0.05) is 27.7 Å². The molecule has 15 N–H and O–H groups in total. The van der Waals surface area contributed by atoms with Crippen molar-refractivity contribution in [3.8, 4) is 0 Å². The van der Waals surface area contributed by atoms with E-state index >= 15 is 0 Å². The molecule has 1 spiro atoms. The van der Waals surface area contributed by atoms with Crippen LogP contribution in [-0.4, -0.2) is 262 Å². The molecule has 4 saturated carbocycles. The lowest BCUT2D eigenvalue weighted by molar-refractivity contribution is -0.406. The number of carbonyl (C=O) groups is 1. The Kier molecular flexibility index (Phi) is 17.0. The number of carbonyl (C=O) groups excluding carboxylic acids is 1. The molecular weight excluding hydrogens is 1030 g/mol. The lowest BCUT2D eigenvalue weighted by Crippen LogP contribution is -2.68. The molecule has 6 saturated heterocycles. The van der Waals surface area contributed by atoms with Crippen LogP contribution >= 0.6 is 0 Å². The Hall–Kier alpha value is -1.49. The molecule has 10 fully saturated rings. The predicted molar refractivity (Wildman–Crippen MR) is 251 cm³/mol. The molecule has 0 radical (unpaired) electrons. The predicted octanol–water partition coefficient (Wildman–Crippen LogP) is -5.44. The summed E-state index contributed by atoms with van der Waals surface area (Å²) in [4.78, 5) is 12.9. The molecule has 26 nitrogen and oxygen atoms in total. The first kappa shape index (κ1) is 58.7. The average Bonchev–Trinajstić information content (AvgIpc) is 3.96. The zero-order valence-corrected chi connectivity index (χ0v) is 43.6. The van der Waals surface area contributed by atoms with E-state index in [9.17, 15) is 81.4 Å². The fraction of sp³-hybridized carbons (Fsp3) is 0.980. The molecule has 6 heterocycles. The number of hydrogen-bond donors (Lipinski definition) is 15. The molecule has 0 aromatic carbocycles. The van der Waals surface area contributed by atoms with Gasteiger partial charge in [0, 0.05) is 11.8 Å². The van der Waals surface area contributed by atoms with E-state index < -0.39 is 191 Å². The van der Waals surface area contributed by atoms with Gasteiger partial charge in [0.15, 0.2) is 25.2 Å². The quantitative estimate of drug-likeness (QED) is 0.0640. The highest BCUT2D eigenvalue weighted by molar-refractivity contribution is 5.73. The molecule has 34 atom stereocenters. The van der Waals surface area contributed by atoms with Crippen molar-refractivity contribution in [2.45, 2.75) is 232 Å². The van der Waals surface area contributed by atoms with E-state index in [1.54, 1.807) is 6.92 Å². The number of esters is 1. The SMILES string of the molecule is C[C@@H]1C[C@H](O)[C@@]2(OC1=O)O[C@H]1[C@H](O)[C@@H]3[C@@H]4CC[C@H]5C[C@@H](O[C@@H]6O[C@H](CO)[C@H](O[C@@H]7O[C@H](CO)[C@@H](O)[C@H](O[C@@H]8O[C@H](CO)[C@@H](O)[C@H](O)[C@H]8O)[C@H]7O[C@@H]7O[C@H](CO)[C@@H](O)[C@H](O)[C@H]7O)[C@H](O)[C@H]6O)CC[C@]5(C)[C@H]4CC[C@]3(C)[C@H]1[C@@H]2C. The highest BCUT2D eigenvalue weighted by Crippen LogP contribution is 2.71. The summed E-state index contributed by atoms with van der Waals surface area (Å²) >= 11 is 0. The third kappa shape index (κ3) is 9.65. The van der Waals surface area contributed by atoms with Crippen LogP contribution in [0.4, 0.5) is 0 Å². The zero-order valence-electron chi connectivity index (χ0n) is 43.6. The van der Waals surface area contributed by atoms with Crippen molar-refractivity contribution in [2.75, 3.05) is 26.4 Å². The third-order valence-electron chi connectivity index (χ3n) is 20.4. The first-order chi connectivity index (χ1) is 36.5. The van der Waals surface area contributed by atoms with Crippen LogP contribution in [0.25, 0.3) is 0 Å². The number of aliphatic hydroxyl groups is 15. The molecule has 0 aromatic heterocycles. The second-order valence-corrected chi connectivity index (χ2v) is 24.5. The summed E-state index contributed by atoms with van der Waals surface area (Å²) < 4.78 is 60.3. The summed E-state index contributed by atoms with van der Waals surface area (Å²) in [7, 11) is 0. The van der Waals surface area contributed by atoms with Crippen LogP contribution in [-0.2, 0) is 52.2 Å². The smallest absolute Gasteiger partial charge is 0.311 e. The van der Waals surface area contributed by atoms with E-state index in [-0.39, 0.29) is 52.8 Å². The molecule has 10 rings (SSSR count). The summed E-state index contributed by atoms with van der Waals surface area (Å²) in [5, 5.41) is 164. The van der Waals surface area contributed by atoms with Crippen molar-refractivity contribution in [1.82, 2.24) is 0 Å². The fourth-order valence-corrected chi connectivity index (χ4v) is 16.2. The van der Waals surface area contributed by atoms with Gasteiger partial charge >= 0.3 is 5.97 Å². The normalized spacial score (nSPS) is 57.7. The van der Waals surface area contributed by atoms with E-state index in [2.05, 4.69) is 13.8 Å². The van der Waals surface area contributed by atoms with Crippen molar-refractivity contribution >= 4 is 5.97 Å². The minimum absolute atomic E-state index is 0.0787. The maximum absolute atomic E-state index is 12.9. The topological polar surface area (TPSA) is 413 Å². The van der Waals surface area contributed by atoms with E-state index in [0.29, 0.717) is 12.8 Å². The van der Waals surface area contributed by atoms with Crippen LogP contribution in [0, 0.1) is 52.3 Å². The van der Waals surface area contributed by atoms with E-state index in [4.69, 9.17) is 47.4 Å². The van der Waals surface area contributed by atoms with Crippen molar-refractivity contribution in [3.63, 3.8) is 0 Å². The van der Waals surface area contributed by atoms with Gasteiger partial charge in [0.1, 0.15) is 104 Å². The number of hydrogen-bond acceptors (Lipinski definition) is 26. The molecule has 77 heavy (non-hydrogen) atoms. The highest BCUT2D eigenvalue weighted by atomic mass is 16.8. The summed E-state index contributed by atoms with van der Waals surface area (Å²) in [5.41, 5.74) is -0.475. The van der Waals surface area contributed by atoms with Gasteiger partial charge in [0.2, 0.25) is 5.79 Å². The Labute approximate surface area is 444 Å². The molecule has 0 bridgehead atoms. The number of rotatable bonds is 12. The Morgan fingerprint density at radius 3 is 1.64 bits per heavy atom. The van der Waals surface area contributed by atoms with Crippen LogP contribution in [0.15, 0.2) is 0 Å². The molecule has 10 aliphatic rings. The Morgan fingerprint density at radius 1 is 0.506 bits per heavy atom. The number of ether oxygens (including phenoxy) is 10. The summed E-state index contributed by atoms with van der Waals surface area (Å²) in [6.07, 6.45) is -33.9. The van der Waals surface area contributed by atoms with Crippen molar-refractivity contribution in [2.24, 2.45) is 52.3 Å². The van der Waals surface area contributed by atoms with Gasteiger partial charge in [-0.3, -0.25) is 4.79 Å². The zero-order chi connectivity index (χ0) is 55.5. The minimum atomic E-state index is -2.06. The van der Waals surface area contributed by atoms with E-state index in [0.717, 1.165) is 32.1 Å². The number of aliphatic hydroxyl groups excluding tert-OH is 15. The van der Waals surface area contributed by atoms with Crippen LogP contribution in [0.5, 0.6) is 0 Å². The van der Waals surface area contributed by atoms with Gasteiger partial charge in [0.05, 0.1) is 50.7 Å². The van der Waals surface area contributed by atoms with Crippen molar-refractivity contribution in [1.29, 1.82) is 0 Å². The van der Waals surface area contributed by atoms with Crippen LogP contribution in [0.2, 0.25) is 0 Å². The van der Waals surface area contributed by atoms with E-state index in [1.165, 1.54) is 0 Å². The molecule has 442 valence electrons. The summed E-state index contributed by atoms with van der Waals surface area (Å²) in [6, 6.07) is 0. The molecule has 26 heteroatoms. The van der Waals surface area contributed by atoms with Gasteiger partial charge < -0.3 is 124 Å². The summed E-state index contributed by atoms with van der Waals surface area (Å²) in [5.74, 6) is -2.31. The van der Waals surface area contributed by atoms with E-state index in [1.807, 2.05) is 6.92 Å². The van der Waals surface area contributed by atoms with Crippen LogP contribution in [0.3, 0.4) is 0 Å². The lowest BCUT2D eigenvalue weighted by atomic mass is 9.44. The molecule has 0 aromatic rings. The van der Waals surface area contributed by atoms with Crippen LogP contribution < -0.4 is 0 Å². The highest BCUT2D eigenvalue weighted by Gasteiger charge is 2.75. The summed E-state index contributed by atoms with van der Waals surface area (Å²) in [6.45, 7) is 4.70. The molecule has 4 aliphatic carbocycles. The minimum Gasteiger partial charge on any atom is -0.430 e. The molecular formula is C51H82O26. The molecule has 0 unspecified atom stereocenters. The average molecular weight is 1110 g/mol. The van der Waals surface area contributed by atoms with Crippen molar-refractivity contribution in [3.05, 3.63) is 0 Å². The standard InChI is InChI=1S/C51H82O26/c1-17-11-27(56)51(77-44(17)67)18(2)28-41(76-51)33(60)29-21-6-5-19-12-20(7-9-49(19,3)22(21)8-10-50(28,29)4)68-45-39(66)36(63)40(26(16-55)72-45)73-48-43(75-47-38(65)35(62)31(58)24(14-53)70-47)42(32(59)25(15-54)71-48)74-46-37(64)34(61)30(57)23(13-52)69-46/h17-43,45-48,52-66H,5-16H2,1-4H3/t17-,18+,19+,20+,21-,22+,23-,24-,25-,26-,27+,28+,29+,30-,31-,32-,33-,34+,35+,36-,37-,38-,39-,40+,41-,42+,43-,45-,46+,47+,48+,49+,50-,51-/m1/s1. The molecule has 6 aliphatic heterocycles. The van der Waals surface area contributed by atoms with Gasteiger partial charge in [0.25, 0.3) is 0 Å². The maximum Gasteiger partial charge on any atom is 0.311 e. The van der Waals surface area contributed by atoms with Gasteiger partial charge in [-0.05, 0) is 85.9 Å². The van der Waals surface area contributed by atoms with Gasteiger partial charge in [-0.15, -0.1) is 0 Å². The third-order valence-corrected chi connectivity index (χ3v) is 20.4. The fourth-order valence-electron chi connectivity index (χ4n) is 16.2. The largest absolute Gasteiger partial charge is 0.430 e. The number of fused-ring (bicyclic) bond motifs is 7. The first-order valence-electron chi connectivity index (χ1n) is 27.5. The first-order valence-corrected chi connectivity index (χ1v) is 27.5. The second-order valence-electron chi connectivity index (χ2n) is 24.5. The van der Waals surface area contributed by atoms with Crippen molar-refractivity contribution < 1.29 is 129 Å². The maximum atomic E-state index is 12.9. The van der Waals surface area contributed by atoms with Gasteiger partial charge in [-0.2, -0.15) is 0 Å². The second kappa shape index (κ2) is 22.3. The lowest BCUT2D eigenvalue weighted by Gasteiger charge is -2.61. The monoisotopic (exact) mass is 1110 g/mol. The Morgan fingerprint density at radius 2 is 1.03 bits per heavy atom. The molecule has 0 amide bonds. The van der Waals surface area contributed by atoms with Crippen LogP contribution in [0.1, 0.15) is 79.1 Å². The van der Waals surface area contributed by atoms with Gasteiger partial charge in [-0.25, -0.2) is 0 Å². The Balaban J connectivity index is 0.825. The Bertz CT molecular complexity index is 2040.